The molecule has 0 radical (unpaired) electrons. The van der Waals surface area contributed by atoms with E-state index in [4.69, 9.17) is 0 Å². The van der Waals surface area contributed by atoms with E-state index in [1.807, 2.05) is 7.05 Å². The molecule has 1 aliphatic heterocycles. The van der Waals surface area contributed by atoms with Gasteiger partial charge in [0.05, 0.1) is 18.4 Å². The normalized spacial score (nSPS) is 19.2. The highest BCUT2D eigenvalue weighted by Gasteiger charge is 2.21. The molecule has 1 aliphatic rings. The molecule has 1 aromatic rings. The van der Waals surface area contributed by atoms with Crippen LogP contribution < -0.4 is 15.8 Å². The Balaban J connectivity index is 2.26. The van der Waals surface area contributed by atoms with E-state index in [2.05, 4.69) is 37.8 Å². The van der Waals surface area contributed by atoms with Gasteiger partial charge >= 0.3 is 0 Å². The van der Waals surface area contributed by atoms with Gasteiger partial charge in [0.2, 0.25) is 0 Å². The summed E-state index contributed by atoms with van der Waals surface area (Å²) in [5.41, 5.74) is 0.729. The summed E-state index contributed by atoms with van der Waals surface area (Å²) >= 11 is 3.40. The average Bonchev–Trinajstić information content (AvgIpc) is 2.45. The molecular weight excluding hydrogens is 308 g/mol. The van der Waals surface area contributed by atoms with Gasteiger partial charge in [-0.3, -0.25) is 4.79 Å². The van der Waals surface area contributed by atoms with Crippen LogP contribution in [0.1, 0.15) is 12.8 Å². The van der Waals surface area contributed by atoms with Crippen LogP contribution in [0, 0.1) is 0 Å². The van der Waals surface area contributed by atoms with Crippen molar-refractivity contribution in [2.75, 3.05) is 25.0 Å². The van der Waals surface area contributed by atoms with Crippen molar-refractivity contribution in [2.45, 2.75) is 25.4 Å². The number of nitrogens with one attached hydrogen (secondary N) is 1. The minimum atomic E-state index is -0.118. The van der Waals surface area contributed by atoms with E-state index in [-0.39, 0.29) is 5.56 Å². The monoisotopic (exact) mass is 326 g/mol. The highest BCUT2D eigenvalue weighted by molar-refractivity contribution is 9.10. The Kier molecular flexibility index (Phi) is 4.76. The molecule has 0 saturated carbocycles. The summed E-state index contributed by atoms with van der Waals surface area (Å²) in [5, 5.41) is 7.56. The fraction of sp³-hybridized carbons (Fsp3) is 0.538. The molecule has 1 N–H and O–H groups in total. The van der Waals surface area contributed by atoms with Crippen LogP contribution in [0.4, 0.5) is 5.69 Å². The second-order valence-electron chi connectivity index (χ2n) is 4.73. The molecule has 1 atom stereocenters. The fourth-order valence-corrected chi connectivity index (χ4v) is 2.90. The van der Waals surface area contributed by atoms with Crippen molar-refractivity contribution in [1.29, 1.82) is 0 Å². The Bertz CT molecular complexity index is 508. The van der Waals surface area contributed by atoms with Crippen LogP contribution in [0.15, 0.2) is 28.1 Å². The summed E-state index contributed by atoms with van der Waals surface area (Å²) in [6.45, 7) is 6.06. The quantitative estimate of drug-likeness (QED) is 0.849. The molecule has 19 heavy (non-hydrogen) atoms. The van der Waals surface area contributed by atoms with E-state index < -0.39 is 0 Å². The number of allylic oxidation sites excluding steroid dienone is 1. The number of likely N-dealkylation sites (N-methyl/N-ethyl adjacent to an activating group) is 1. The van der Waals surface area contributed by atoms with E-state index in [9.17, 15) is 4.79 Å². The molecule has 0 bridgehead atoms. The maximum absolute atomic E-state index is 12.1. The van der Waals surface area contributed by atoms with Crippen molar-refractivity contribution < 1.29 is 0 Å². The molecule has 0 amide bonds. The number of aromatic nitrogens is 2. The average molecular weight is 327 g/mol. The van der Waals surface area contributed by atoms with E-state index >= 15 is 0 Å². The zero-order valence-corrected chi connectivity index (χ0v) is 12.7. The van der Waals surface area contributed by atoms with Crippen LogP contribution in [0.5, 0.6) is 0 Å². The number of hydrogen-bond acceptors (Lipinski definition) is 4. The highest BCUT2D eigenvalue weighted by atomic mass is 79.9. The van der Waals surface area contributed by atoms with Gasteiger partial charge in [0, 0.05) is 19.6 Å². The SMILES string of the molecule is C=CCn1ncc(N(C)C2CCCNC2)c(Br)c1=O. The molecular formula is C13H19BrN4O. The zero-order valence-electron chi connectivity index (χ0n) is 11.1. The molecule has 1 unspecified atom stereocenters. The Morgan fingerprint density at radius 1 is 1.74 bits per heavy atom. The third-order valence-corrected chi connectivity index (χ3v) is 4.21. The lowest BCUT2D eigenvalue weighted by Crippen LogP contribution is -2.45. The molecule has 1 saturated heterocycles. The van der Waals surface area contributed by atoms with Crippen LogP contribution in [0.25, 0.3) is 0 Å². The van der Waals surface area contributed by atoms with E-state index in [0.29, 0.717) is 17.1 Å². The van der Waals surface area contributed by atoms with E-state index in [1.165, 1.54) is 4.68 Å². The third-order valence-electron chi connectivity index (χ3n) is 3.47. The fourth-order valence-electron chi connectivity index (χ4n) is 2.32. The maximum Gasteiger partial charge on any atom is 0.283 e. The second kappa shape index (κ2) is 6.34. The van der Waals surface area contributed by atoms with Crippen LogP contribution in [0.2, 0.25) is 0 Å². The highest BCUT2D eigenvalue weighted by Crippen LogP contribution is 2.24. The summed E-state index contributed by atoms with van der Waals surface area (Å²) in [6, 6.07) is 0.404. The van der Waals surface area contributed by atoms with Gasteiger partial charge in [-0.2, -0.15) is 5.10 Å². The van der Waals surface area contributed by atoms with Gasteiger partial charge < -0.3 is 10.2 Å². The number of nitrogens with zero attached hydrogens (tertiary/aromatic N) is 3. The number of anilines is 1. The van der Waals surface area contributed by atoms with Crippen molar-refractivity contribution in [1.82, 2.24) is 15.1 Å². The molecule has 1 fully saturated rings. The minimum absolute atomic E-state index is 0.118. The van der Waals surface area contributed by atoms with Crippen LogP contribution in [-0.2, 0) is 6.54 Å². The maximum atomic E-state index is 12.1. The van der Waals surface area contributed by atoms with Gasteiger partial charge in [-0.15, -0.1) is 6.58 Å². The number of hydrogen-bond donors (Lipinski definition) is 1. The lowest BCUT2D eigenvalue weighted by atomic mass is 10.1. The number of halogens is 1. The summed E-state index contributed by atoms with van der Waals surface area (Å²) in [4.78, 5) is 14.3. The molecule has 6 heteroatoms. The van der Waals surface area contributed by atoms with Crippen LogP contribution in [0.3, 0.4) is 0 Å². The van der Waals surface area contributed by atoms with Gasteiger partial charge in [0.1, 0.15) is 4.47 Å². The molecule has 0 aliphatic carbocycles. The minimum Gasteiger partial charge on any atom is -0.368 e. The molecule has 2 rings (SSSR count). The van der Waals surface area contributed by atoms with E-state index in [1.54, 1.807) is 12.3 Å². The van der Waals surface area contributed by atoms with E-state index in [0.717, 1.165) is 31.6 Å². The molecule has 0 aromatic carbocycles. The predicted molar refractivity (Wildman–Crippen MR) is 80.7 cm³/mol. The lowest BCUT2D eigenvalue weighted by molar-refractivity contribution is 0.444. The number of rotatable bonds is 4. The van der Waals surface area contributed by atoms with Gasteiger partial charge in [-0.1, -0.05) is 6.08 Å². The van der Waals surface area contributed by atoms with Gasteiger partial charge in [-0.05, 0) is 35.3 Å². The summed E-state index contributed by atoms with van der Waals surface area (Å²) in [6.07, 6.45) is 5.69. The van der Waals surface area contributed by atoms with Crippen molar-refractivity contribution >= 4 is 21.6 Å². The first kappa shape index (κ1) is 14.3. The topological polar surface area (TPSA) is 50.2 Å². The van der Waals surface area contributed by atoms with Crippen molar-refractivity contribution in [3.8, 4) is 0 Å². The molecule has 104 valence electrons. The molecule has 5 nitrogen and oxygen atoms in total. The van der Waals surface area contributed by atoms with Crippen molar-refractivity contribution in [3.63, 3.8) is 0 Å². The standard InChI is InChI=1S/C13H19BrN4O/c1-3-7-18-13(19)12(14)11(9-16-18)17(2)10-5-4-6-15-8-10/h3,9-10,15H,1,4-8H2,2H3. The Labute approximate surface area is 121 Å². The van der Waals surface area contributed by atoms with Crippen molar-refractivity contribution in [2.24, 2.45) is 0 Å². The first-order valence-corrected chi connectivity index (χ1v) is 7.24. The van der Waals surface area contributed by atoms with Crippen molar-refractivity contribution in [3.05, 3.63) is 33.7 Å². The summed E-state index contributed by atoms with van der Waals surface area (Å²) < 4.78 is 1.96. The largest absolute Gasteiger partial charge is 0.368 e. The smallest absolute Gasteiger partial charge is 0.283 e. The summed E-state index contributed by atoms with van der Waals surface area (Å²) in [5.74, 6) is 0. The first-order valence-electron chi connectivity index (χ1n) is 6.45. The third kappa shape index (κ3) is 3.06. The lowest BCUT2D eigenvalue weighted by Gasteiger charge is -2.33. The first-order chi connectivity index (χ1) is 9.15. The summed E-state index contributed by atoms with van der Waals surface area (Å²) in [7, 11) is 2.01. The Morgan fingerprint density at radius 3 is 3.16 bits per heavy atom. The second-order valence-corrected chi connectivity index (χ2v) is 5.52. The van der Waals surface area contributed by atoms with Crippen LogP contribution in [-0.4, -0.2) is 36.0 Å². The van der Waals surface area contributed by atoms with Gasteiger partial charge in [-0.25, -0.2) is 4.68 Å². The van der Waals surface area contributed by atoms with Gasteiger partial charge in [0.25, 0.3) is 5.56 Å². The molecule has 1 aromatic heterocycles. The molecule has 0 spiro atoms. The predicted octanol–water partition coefficient (Wildman–Crippen LogP) is 1.38. The van der Waals surface area contributed by atoms with Crippen LogP contribution >= 0.6 is 15.9 Å². The molecule has 2 heterocycles. The Morgan fingerprint density at radius 2 is 2.53 bits per heavy atom. The van der Waals surface area contributed by atoms with Gasteiger partial charge in [0.15, 0.2) is 0 Å². The number of piperidine rings is 1. The Hall–Kier alpha value is -1.14. The zero-order chi connectivity index (χ0) is 13.8.